The van der Waals surface area contributed by atoms with Crippen LogP contribution in [0.25, 0.3) is 0 Å². The zero-order chi connectivity index (χ0) is 13.5. The molecule has 1 unspecified atom stereocenters. The van der Waals surface area contributed by atoms with Gasteiger partial charge in [0.25, 0.3) is 0 Å². The Labute approximate surface area is 107 Å². The maximum atomic E-state index is 11.3. The second-order valence-corrected chi connectivity index (χ2v) is 3.90. The van der Waals surface area contributed by atoms with Crippen molar-refractivity contribution in [3.8, 4) is 0 Å². The molecular weight excluding hydrogens is 236 g/mol. The molecule has 0 spiro atoms. The summed E-state index contributed by atoms with van der Waals surface area (Å²) in [6, 6.07) is 3.56. The molecule has 0 aromatic carbocycles. The van der Waals surface area contributed by atoms with E-state index in [1.807, 2.05) is 13.0 Å². The number of H-pyrrole nitrogens is 1. The quantitative estimate of drug-likeness (QED) is 0.560. The Morgan fingerprint density at radius 1 is 1.33 bits per heavy atom. The van der Waals surface area contributed by atoms with E-state index in [2.05, 4.69) is 15.0 Å². The number of hydrogen-bond acceptors (Lipinski definition) is 5. The summed E-state index contributed by atoms with van der Waals surface area (Å²) in [7, 11) is 4.54. The van der Waals surface area contributed by atoms with Crippen molar-refractivity contribution in [2.45, 2.75) is 25.8 Å². The van der Waals surface area contributed by atoms with Crippen LogP contribution >= 0.6 is 0 Å². The first-order chi connectivity index (χ1) is 8.62. The summed E-state index contributed by atoms with van der Waals surface area (Å²) in [6.07, 6.45) is -0.306. The number of methoxy groups -OCH3 is 3. The third-order valence-electron chi connectivity index (χ3n) is 2.64. The smallest absolute Gasteiger partial charge is 0.354 e. The molecule has 0 saturated heterocycles. The molecule has 0 radical (unpaired) electrons. The summed E-state index contributed by atoms with van der Waals surface area (Å²) in [5.41, 5.74) is 1.34. The summed E-state index contributed by atoms with van der Waals surface area (Å²) >= 11 is 0. The van der Waals surface area contributed by atoms with Gasteiger partial charge in [0.1, 0.15) is 5.69 Å². The van der Waals surface area contributed by atoms with Gasteiger partial charge in [-0.2, -0.15) is 0 Å². The molecule has 0 saturated carbocycles. The molecule has 0 amide bonds. The summed E-state index contributed by atoms with van der Waals surface area (Å²) in [5, 5.41) is 3.24. The molecule has 0 aliphatic rings. The first-order valence-corrected chi connectivity index (χ1v) is 5.67. The topological polar surface area (TPSA) is 72.6 Å². The van der Waals surface area contributed by atoms with Crippen molar-refractivity contribution < 1.29 is 19.0 Å². The molecule has 6 nitrogen and oxygen atoms in total. The fourth-order valence-electron chi connectivity index (χ4n) is 1.64. The van der Waals surface area contributed by atoms with Crippen LogP contribution in [-0.4, -0.2) is 44.6 Å². The van der Waals surface area contributed by atoms with Crippen LogP contribution in [0.1, 0.15) is 23.1 Å². The predicted molar refractivity (Wildman–Crippen MR) is 66.2 cm³/mol. The zero-order valence-electron chi connectivity index (χ0n) is 11.1. The maximum absolute atomic E-state index is 11.3. The summed E-state index contributed by atoms with van der Waals surface area (Å²) < 4.78 is 14.9. The number of carbonyl (C=O) groups excluding carboxylic acids is 1. The summed E-state index contributed by atoms with van der Waals surface area (Å²) in [4.78, 5) is 14.2. The maximum Gasteiger partial charge on any atom is 0.354 e. The Hall–Kier alpha value is -1.37. The second-order valence-electron chi connectivity index (χ2n) is 3.90. The number of aromatic nitrogens is 1. The standard InChI is InChI=1S/C12H20N2O4/c1-8(12(17-3)18-4)13-7-9-5-6-10(14-9)11(15)16-2/h5-6,8,12-14H,7H2,1-4H3. The van der Waals surface area contributed by atoms with Crippen molar-refractivity contribution in [1.29, 1.82) is 0 Å². The minimum atomic E-state index is -0.374. The first-order valence-electron chi connectivity index (χ1n) is 5.67. The molecular formula is C12H20N2O4. The van der Waals surface area contributed by atoms with Crippen molar-refractivity contribution in [3.05, 3.63) is 23.5 Å². The van der Waals surface area contributed by atoms with E-state index in [0.29, 0.717) is 12.2 Å². The highest BCUT2D eigenvalue weighted by atomic mass is 16.7. The molecule has 1 aromatic rings. The van der Waals surface area contributed by atoms with Gasteiger partial charge in [-0.15, -0.1) is 0 Å². The zero-order valence-corrected chi connectivity index (χ0v) is 11.1. The van der Waals surface area contributed by atoms with E-state index in [-0.39, 0.29) is 18.3 Å². The fraction of sp³-hybridized carbons (Fsp3) is 0.583. The van der Waals surface area contributed by atoms with Crippen molar-refractivity contribution in [2.24, 2.45) is 0 Å². The van der Waals surface area contributed by atoms with Gasteiger partial charge < -0.3 is 24.5 Å². The molecule has 1 aromatic heterocycles. The second kappa shape index (κ2) is 7.15. The van der Waals surface area contributed by atoms with Crippen LogP contribution < -0.4 is 5.32 Å². The Morgan fingerprint density at radius 3 is 2.56 bits per heavy atom. The lowest BCUT2D eigenvalue weighted by molar-refractivity contribution is -0.119. The SMILES string of the molecule is COC(=O)c1ccc(CNC(C)C(OC)OC)[nH]1. The average molecular weight is 256 g/mol. The van der Waals surface area contributed by atoms with E-state index in [1.165, 1.54) is 7.11 Å². The lowest BCUT2D eigenvalue weighted by atomic mass is 10.3. The van der Waals surface area contributed by atoms with Crippen molar-refractivity contribution in [1.82, 2.24) is 10.3 Å². The highest BCUT2D eigenvalue weighted by Crippen LogP contribution is 2.05. The van der Waals surface area contributed by atoms with Gasteiger partial charge in [0.15, 0.2) is 6.29 Å². The molecule has 0 bridgehead atoms. The largest absolute Gasteiger partial charge is 0.464 e. The van der Waals surface area contributed by atoms with Crippen LogP contribution in [0.5, 0.6) is 0 Å². The van der Waals surface area contributed by atoms with Crippen LogP contribution in [0.3, 0.4) is 0 Å². The van der Waals surface area contributed by atoms with Crippen LogP contribution in [0.15, 0.2) is 12.1 Å². The third kappa shape index (κ3) is 3.83. The number of hydrogen-bond donors (Lipinski definition) is 2. The number of aromatic amines is 1. The van der Waals surface area contributed by atoms with Crippen LogP contribution in [0.4, 0.5) is 0 Å². The van der Waals surface area contributed by atoms with E-state index >= 15 is 0 Å². The van der Waals surface area contributed by atoms with Gasteiger partial charge in [-0.3, -0.25) is 0 Å². The number of esters is 1. The lowest BCUT2D eigenvalue weighted by Gasteiger charge is -2.21. The molecule has 1 atom stereocenters. The first kappa shape index (κ1) is 14.7. The van der Waals surface area contributed by atoms with Gasteiger partial charge >= 0.3 is 5.97 Å². The van der Waals surface area contributed by atoms with Gasteiger partial charge in [-0.05, 0) is 19.1 Å². The third-order valence-corrected chi connectivity index (χ3v) is 2.64. The molecule has 1 heterocycles. The fourth-order valence-corrected chi connectivity index (χ4v) is 1.64. The highest BCUT2D eigenvalue weighted by Gasteiger charge is 2.15. The lowest BCUT2D eigenvalue weighted by Crippen LogP contribution is -2.39. The van der Waals surface area contributed by atoms with Crippen LogP contribution in [-0.2, 0) is 20.8 Å². The van der Waals surface area contributed by atoms with Crippen LogP contribution in [0.2, 0.25) is 0 Å². The molecule has 0 aliphatic carbocycles. The Morgan fingerprint density at radius 2 is 2.00 bits per heavy atom. The predicted octanol–water partition coefficient (Wildman–Crippen LogP) is 0.898. The van der Waals surface area contributed by atoms with Gasteiger partial charge in [-0.25, -0.2) is 4.79 Å². The molecule has 6 heteroatoms. The molecule has 0 fully saturated rings. The molecule has 0 aliphatic heterocycles. The highest BCUT2D eigenvalue weighted by molar-refractivity contribution is 5.87. The van der Waals surface area contributed by atoms with E-state index in [4.69, 9.17) is 9.47 Å². The van der Waals surface area contributed by atoms with E-state index < -0.39 is 0 Å². The normalized spacial score (nSPS) is 12.7. The molecule has 18 heavy (non-hydrogen) atoms. The van der Waals surface area contributed by atoms with Gasteiger partial charge in [0.2, 0.25) is 0 Å². The van der Waals surface area contributed by atoms with E-state index in [9.17, 15) is 4.79 Å². The number of ether oxygens (including phenoxy) is 3. The monoisotopic (exact) mass is 256 g/mol. The van der Waals surface area contributed by atoms with Crippen molar-refractivity contribution >= 4 is 5.97 Å². The summed E-state index contributed by atoms with van der Waals surface area (Å²) in [6.45, 7) is 2.54. The minimum Gasteiger partial charge on any atom is -0.464 e. The summed E-state index contributed by atoms with van der Waals surface area (Å²) in [5.74, 6) is -0.374. The number of rotatable bonds is 7. The Bertz CT molecular complexity index is 374. The Balaban J connectivity index is 2.48. The minimum absolute atomic E-state index is 0.0323. The van der Waals surface area contributed by atoms with Crippen molar-refractivity contribution in [3.63, 3.8) is 0 Å². The van der Waals surface area contributed by atoms with Crippen molar-refractivity contribution in [2.75, 3.05) is 21.3 Å². The molecule has 102 valence electrons. The van der Waals surface area contributed by atoms with Crippen LogP contribution in [0, 0.1) is 0 Å². The van der Waals surface area contributed by atoms with Gasteiger partial charge in [-0.1, -0.05) is 0 Å². The van der Waals surface area contributed by atoms with Gasteiger partial charge in [0, 0.05) is 26.5 Å². The van der Waals surface area contributed by atoms with E-state index in [0.717, 1.165) is 5.69 Å². The average Bonchev–Trinajstić information content (AvgIpc) is 2.85. The number of nitrogens with one attached hydrogen (secondary N) is 2. The molecule has 1 rings (SSSR count). The molecule has 2 N–H and O–H groups in total. The van der Waals surface area contributed by atoms with E-state index in [1.54, 1.807) is 20.3 Å². The Kier molecular flexibility index (Phi) is 5.84. The number of carbonyl (C=O) groups is 1. The van der Waals surface area contributed by atoms with Gasteiger partial charge in [0.05, 0.1) is 13.2 Å².